The molecule has 1 amide bonds. The van der Waals surface area contributed by atoms with Gasteiger partial charge in [-0.25, -0.2) is 0 Å². The van der Waals surface area contributed by atoms with Crippen molar-refractivity contribution in [3.8, 4) is 11.4 Å². The van der Waals surface area contributed by atoms with Crippen LogP contribution in [0, 0.1) is 0 Å². The summed E-state index contributed by atoms with van der Waals surface area (Å²) in [4.78, 5) is 19.2. The van der Waals surface area contributed by atoms with Crippen LogP contribution in [0.2, 0.25) is 10.0 Å². The summed E-state index contributed by atoms with van der Waals surface area (Å²) in [6, 6.07) is 14.3. The monoisotopic (exact) mass is 403 g/mol. The molecule has 0 saturated carbocycles. The zero-order valence-electron chi connectivity index (χ0n) is 15.2. The average Bonchev–Trinajstić information content (AvgIpc) is 3.10. The molecule has 2 aromatic carbocycles. The molecule has 1 heterocycles. The largest absolute Gasteiger partial charge is 0.337 e. The smallest absolute Gasteiger partial charge is 0.256 e. The van der Waals surface area contributed by atoms with E-state index in [0.29, 0.717) is 27.3 Å². The van der Waals surface area contributed by atoms with Gasteiger partial charge in [0.1, 0.15) is 6.54 Å². The van der Waals surface area contributed by atoms with Gasteiger partial charge in [0.2, 0.25) is 11.7 Å². The molecule has 0 aliphatic heterocycles. The lowest BCUT2D eigenvalue weighted by Gasteiger charge is -2.35. The number of amides is 1. The summed E-state index contributed by atoms with van der Waals surface area (Å²) in [5.41, 5.74) is 0.685. The van der Waals surface area contributed by atoms with Crippen LogP contribution in [-0.4, -0.2) is 26.5 Å². The Kier molecular flexibility index (Phi) is 5.53. The number of carbonyl (C=O) groups is 1. The van der Waals surface area contributed by atoms with Gasteiger partial charge in [-0.05, 0) is 39.0 Å². The summed E-state index contributed by atoms with van der Waals surface area (Å²) in [7, 11) is 0. The van der Waals surface area contributed by atoms with E-state index in [4.69, 9.17) is 27.7 Å². The minimum Gasteiger partial charge on any atom is -0.337 e. The lowest BCUT2D eigenvalue weighted by Crippen LogP contribution is -2.45. The highest BCUT2D eigenvalue weighted by Gasteiger charge is 2.30. The zero-order valence-corrected chi connectivity index (χ0v) is 16.8. The quantitative estimate of drug-likeness (QED) is 0.578. The van der Waals surface area contributed by atoms with Crippen molar-refractivity contribution in [1.82, 2.24) is 15.0 Å². The van der Waals surface area contributed by atoms with Crippen LogP contribution in [0.1, 0.15) is 37.0 Å². The maximum atomic E-state index is 13.1. The number of halogens is 2. The van der Waals surface area contributed by atoms with E-state index >= 15 is 0 Å². The Bertz CT molecular complexity index is 949. The Morgan fingerprint density at radius 3 is 2.48 bits per heavy atom. The molecule has 3 aromatic rings. The van der Waals surface area contributed by atoms with Crippen molar-refractivity contribution in [3.63, 3.8) is 0 Å². The number of nitrogens with zero attached hydrogens (tertiary/aromatic N) is 3. The van der Waals surface area contributed by atoms with Crippen LogP contribution in [0.25, 0.3) is 11.4 Å². The van der Waals surface area contributed by atoms with Crippen molar-refractivity contribution in [2.24, 2.45) is 0 Å². The first-order chi connectivity index (χ1) is 12.8. The molecule has 140 valence electrons. The summed E-state index contributed by atoms with van der Waals surface area (Å²) in [6.07, 6.45) is 0. The highest BCUT2D eigenvalue weighted by atomic mass is 35.5. The zero-order chi connectivity index (χ0) is 19.6. The predicted octanol–water partition coefficient (Wildman–Crippen LogP) is 5.48. The van der Waals surface area contributed by atoms with Crippen molar-refractivity contribution >= 4 is 29.1 Å². The Balaban J connectivity index is 1.90. The highest BCUT2D eigenvalue weighted by molar-refractivity contribution is 6.35. The van der Waals surface area contributed by atoms with E-state index in [2.05, 4.69) is 10.1 Å². The van der Waals surface area contributed by atoms with Crippen LogP contribution < -0.4 is 0 Å². The second kappa shape index (κ2) is 7.71. The molecule has 0 bridgehead atoms. The van der Waals surface area contributed by atoms with Gasteiger partial charge in [-0.15, -0.1) is 0 Å². The summed E-state index contributed by atoms with van der Waals surface area (Å²) in [6.45, 7) is 5.94. The summed E-state index contributed by atoms with van der Waals surface area (Å²) >= 11 is 12.3. The summed E-state index contributed by atoms with van der Waals surface area (Å²) < 4.78 is 5.37. The molecular formula is C20H19Cl2N3O2. The molecule has 0 radical (unpaired) electrons. The van der Waals surface area contributed by atoms with Crippen molar-refractivity contribution in [3.05, 3.63) is 70.0 Å². The van der Waals surface area contributed by atoms with Gasteiger partial charge in [-0.3, -0.25) is 4.79 Å². The van der Waals surface area contributed by atoms with Gasteiger partial charge in [0, 0.05) is 16.1 Å². The lowest BCUT2D eigenvalue weighted by molar-refractivity contribution is 0.0526. The third kappa shape index (κ3) is 4.49. The molecule has 0 fully saturated rings. The van der Waals surface area contributed by atoms with E-state index in [1.807, 2.05) is 51.1 Å². The fourth-order valence-electron chi connectivity index (χ4n) is 2.58. The molecule has 0 N–H and O–H groups in total. The van der Waals surface area contributed by atoms with E-state index in [1.165, 1.54) is 0 Å². The van der Waals surface area contributed by atoms with Crippen LogP contribution in [-0.2, 0) is 6.54 Å². The predicted molar refractivity (Wildman–Crippen MR) is 106 cm³/mol. The molecular weight excluding hydrogens is 385 g/mol. The van der Waals surface area contributed by atoms with Crippen molar-refractivity contribution < 1.29 is 9.32 Å². The molecule has 3 rings (SSSR count). The molecule has 7 heteroatoms. The molecule has 27 heavy (non-hydrogen) atoms. The third-order valence-electron chi connectivity index (χ3n) is 4.01. The first kappa shape index (κ1) is 19.4. The number of aromatic nitrogens is 2. The molecule has 0 aliphatic rings. The van der Waals surface area contributed by atoms with Crippen molar-refractivity contribution in [2.75, 3.05) is 0 Å². The Morgan fingerprint density at radius 1 is 1.11 bits per heavy atom. The second-order valence-corrected chi connectivity index (χ2v) is 7.91. The first-order valence-electron chi connectivity index (χ1n) is 8.41. The Morgan fingerprint density at radius 2 is 1.81 bits per heavy atom. The van der Waals surface area contributed by atoms with Crippen molar-refractivity contribution in [1.29, 1.82) is 0 Å². The van der Waals surface area contributed by atoms with Crippen LogP contribution in [0.5, 0.6) is 0 Å². The third-order valence-corrected chi connectivity index (χ3v) is 4.57. The maximum Gasteiger partial charge on any atom is 0.256 e. The summed E-state index contributed by atoms with van der Waals surface area (Å²) in [5, 5.41) is 4.80. The van der Waals surface area contributed by atoms with Gasteiger partial charge in [-0.2, -0.15) is 4.98 Å². The minimum atomic E-state index is -0.496. The molecule has 1 aromatic heterocycles. The van der Waals surface area contributed by atoms with Gasteiger partial charge in [0.25, 0.3) is 5.91 Å². The van der Waals surface area contributed by atoms with E-state index in [0.717, 1.165) is 5.56 Å². The highest BCUT2D eigenvalue weighted by Crippen LogP contribution is 2.27. The standard InChI is InChI=1S/C20H19Cl2N3O2/c1-20(2,3)25(19(26)15-11-14(21)9-10-16(15)22)12-17-23-18(24-27-17)13-7-5-4-6-8-13/h4-11H,12H2,1-3H3. The van der Waals surface area contributed by atoms with Gasteiger partial charge < -0.3 is 9.42 Å². The van der Waals surface area contributed by atoms with E-state index < -0.39 is 5.54 Å². The first-order valence-corrected chi connectivity index (χ1v) is 9.16. The molecule has 0 unspecified atom stereocenters. The number of rotatable bonds is 4. The Labute approximate surface area is 167 Å². The van der Waals surface area contributed by atoms with Gasteiger partial charge in [0.05, 0.1) is 10.6 Å². The minimum absolute atomic E-state index is 0.158. The summed E-state index contributed by atoms with van der Waals surface area (Å²) in [5.74, 6) is 0.567. The van der Waals surface area contributed by atoms with Gasteiger partial charge >= 0.3 is 0 Å². The SMILES string of the molecule is CC(C)(C)N(Cc1nc(-c2ccccc2)no1)C(=O)c1cc(Cl)ccc1Cl. The van der Waals surface area contributed by atoms with E-state index in [1.54, 1.807) is 23.1 Å². The van der Waals surface area contributed by atoms with Gasteiger partial charge in [-0.1, -0.05) is 58.7 Å². The number of benzene rings is 2. The Hall–Kier alpha value is -2.37. The number of hydrogen-bond donors (Lipinski definition) is 0. The number of carbonyl (C=O) groups excluding carboxylic acids is 1. The molecule has 0 spiro atoms. The van der Waals surface area contributed by atoms with Crippen LogP contribution in [0.15, 0.2) is 53.1 Å². The lowest BCUT2D eigenvalue weighted by atomic mass is 10.0. The van der Waals surface area contributed by atoms with Crippen LogP contribution >= 0.6 is 23.2 Å². The maximum absolute atomic E-state index is 13.1. The normalized spacial score (nSPS) is 11.4. The fourth-order valence-corrected chi connectivity index (χ4v) is 2.95. The van der Waals surface area contributed by atoms with Gasteiger partial charge in [0.15, 0.2) is 0 Å². The van der Waals surface area contributed by atoms with Crippen LogP contribution in [0.3, 0.4) is 0 Å². The second-order valence-electron chi connectivity index (χ2n) is 7.06. The fraction of sp³-hybridized carbons (Fsp3) is 0.250. The van der Waals surface area contributed by atoms with Crippen LogP contribution in [0.4, 0.5) is 0 Å². The van der Waals surface area contributed by atoms with E-state index in [9.17, 15) is 4.79 Å². The topological polar surface area (TPSA) is 59.2 Å². The number of hydrogen-bond acceptors (Lipinski definition) is 4. The molecule has 0 aliphatic carbocycles. The molecule has 0 atom stereocenters. The van der Waals surface area contributed by atoms with E-state index in [-0.39, 0.29) is 12.5 Å². The molecule has 0 saturated heterocycles. The molecule has 5 nitrogen and oxygen atoms in total. The average molecular weight is 404 g/mol. The van der Waals surface area contributed by atoms with Crippen molar-refractivity contribution in [2.45, 2.75) is 32.9 Å².